The monoisotopic (exact) mass is 274 g/mol. The second kappa shape index (κ2) is 6.14. The third kappa shape index (κ3) is 3.54. The second-order valence-electron chi connectivity index (χ2n) is 4.48. The molecule has 2 aromatic rings. The molecule has 1 heterocycles. The topological polar surface area (TPSA) is 51.2 Å². The van der Waals surface area contributed by atoms with Gasteiger partial charge in [-0.1, -0.05) is 0 Å². The molecule has 0 saturated heterocycles. The summed E-state index contributed by atoms with van der Waals surface area (Å²) in [6, 6.07) is 8.72. The molecule has 0 unspecified atom stereocenters. The molecule has 0 aliphatic heterocycles. The molecule has 0 fully saturated rings. The zero-order valence-corrected chi connectivity index (χ0v) is 11.3. The Morgan fingerprint density at radius 1 is 1.25 bits per heavy atom. The van der Waals surface area contributed by atoms with Crippen LogP contribution in [0.15, 0.2) is 42.6 Å². The van der Waals surface area contributed by atoms with Gasteiger partial charge in [-0.3, -0.25) is 4.79 Å². The van der Waals surface area contributed by atoms with Crippen LogP contribution in [0, 0.1) is 5.82 Å². The molecule has 1 aromatic carbocycles. The third-order valence-electron chi connectivity index (χ3n) is 2.47. The van der Waals surface area contributed by atoms with E-state index in [2.05, 4.69) is 10.3 Å². The number of carbonyl (C=O) groups is 1. The number of anilines is 1. The van der Waals surface area contributed by atoms with Gasteiger partial charge in [-0.05, 0) is 50.2 Å². The fraction of sp³-hybridized carbons (Fsp3) is 0.200. The molecule has 0 aliphatic carbocycles. The fourth-order valence-corrected chi connectivity index (χ4v) is 1.60. The Morgan fingerprint density at radius 2 is 1.95 bits per heavy atom. The highest BCUT2D eigenvalue weighted by Crippen LogP contribution is 2.22. The van der Waals surface area contributed by atoms with Crippen molar-refractivity contribution in [3.63, 3.8) is 0 Å². The lowest BCUT2D eigenvalue weighted by molar-refractivity contribution is 0.102. The highest BCUT2D eigenvalue weighted by atomic mass is 19.1. The van der Waals surface area contributed by atoms with Crippen LogP contribution in [0.4, 0.5) is 10.1 Å². The van der Waals surface area contributed by atoms with Gasteiger partial charge >= 0.3 is 0 Å². The Labute approximate surface area is 116 Å². The van der Waals surface area contributed by atoms with Crippen molar-refractivity contribution < 1.29 is 13.9 Å². The van der Waals surface area contributed by atoms with Crippen LogP contribution in [0.2, 0.25) is 0 Å². The van der Waals surface area contributed by atoms with Crippen molar-refractivity contribution in [2.75, 3.05) is 5.32 Å². The summed E-state index contributed by atoms with van der Waals surface area (Å²) in [6.45, 7) is 3.75. The molecule has 0 bridgehead atoms. The number of pyridine rings is 1. The minimum absolute atomic E-state index is 0.0497. The molecule has 1 aromatic heterocycles. The van der Waals surface area contributed by atoms with Gasteiger partial charge in [-0.2, -0.15) is 0 Å². The number of halogens is 1. The number of carbonyl (C=O) groups excluding carboxylic acids is 1. The zero-order chi connectivity index (χ0) is 14.5. The van der Waals surface area contributed by atoms with Gasteiger partial charge in [0, 0.05) is 11.8 Å². The first-order valence-electron chi connectivity index (χ1n) is 6.25. The Bertz CT molecular complexity index is 597. The summed E-state index contributed by atoms with van der Waals surface area (Å²) in [5.74, 6) is -0.365. The molecule has 0 radical (unpaired) electrons. The van der Waals surface area contributed by atoms with Crippen LogP contribution >= 0.6 is 0 Å². The summed E-state index contributed by atoms with van der Waals surface area (Å²) < 4.78 is 18.3. The maximum absolute atomic E-state index is 12.8. The van der Waals surface area contributed by atoms with Crippen molar-refractivity contribution in [2.24, 2.45) is 0 Å². The second-order valence-corrected chi connectivity index (χ2v) is 4.48. The number of hydrogen-bond donors (Lipinski definition) is 1. The molecule has 1 N–H and O–H groups in total. The molecule has 0 aliphatic rings. The first kappa shape index (κ1) is 14.0. The lowest BCUT2D eigenvalue weighted by Gasteiger charge is -2.13. The molecule has 4 nitrogen and oxygen atoms in total. The number of aromatic nitrogens is 1. The van der Waals surface area contributed by atoms with E-state index < -0.39 is 0 Å². The summed E-state index contributed by atoms with van der Waals surface area (Å²) in [6.07, 6.45) is 1.54. The number of nitrogens with zero attached hydrogens (tertiary/aromatic N) is 1. The summed E-state index contributed by atoms with van der Waals surface area (Å²) in [5, 5.41) is 2.70. The van der Waals surface area contributed by atoms with E-state index in [4.69, 9.17) is 4.74 Å². The molecular formula is C15H15FN2O2. The number of benzene rings is 1. The number of nitrogens with one attached hydrogen (secondary N) is 1. The van der Waals surface area contributed by atoms with Crippen LogP contribution in [0.3, 0.4) is 0 Å². The van der Waals surface area contributed by atoms with Crippen molar-refractivity contribution in [3.8, 4) is 5.88 Å². The summed E-state index contributed by atoms with van der Waals surface area (Å²) in [4.78, 5) is 16.1. The lowest BCUT2D eigenvalue weighted by atomic mass is 10.2. The number of amides is 1. The predicted molar refractivity (Wildman–Crippen MR) is 74.4 cm³/mol. The number of ether oxygens (including phenoxy) is 1. The normalized spacial score (nSPS) is 10.4. The highest BCUT2D eigenvalue weighted by molar-refractivity contribution is 6.04. The largest absolute Gasteiger partial charge is 0.473 e. The molecule has 0 spiro atoms. The van der Waals surface area contributed by atoms with Crippen molar-refractivity contribution in [1.29, 1.82) is 0 Å². The van der Waals surface area contributed by atoms with Gasteiger partial charge in [-0.15, -0.1) is 0 Å². The average Bonchev–Trinajstić information content (AvgIpc) is 2.41. The Morgan fingerprint density at radius 3 is 2.60 bits per heavy atom. The van der Waals surface area contributed by atoms with Crippen LogP contribution in [0.1, 0.15) is 24.2 Å². The van der Waals surface area contributed by atoms with Gasteiger partial charge in [0.15, 0.2) is 0 Å². The van der Waals surface area contributed by atoms with Crippen molar-refractivity contribution in [3.05, 3.63) is 54.0 Å². The quantitative estimate of drug-likeness (QED) is 0.931. The van der Waals surface area contributed by atoms with Gasteiger partial charge in [0.05, 0.1) is 6.10 Å². The highest BCUT2D eigenvalue weighted by Gasteiger charge is 2.11. The minimum Gasteiger partial charge on any atom is -0.473 e. The Balaban J connectivity index is 2.17. The van der Waals surface area contributed by atoms with Crippen molar-refractivity contribution in [1.82, 2.24) is 4.98 Å². The predicted octanol–water partition coefficient (Wildman–Crippen LogP) is 3.26. The maximum atomic E-state index is 12.8. The van der Waals surface area contributed by atoms with E-state index >= 15 is 0 Å². The van der Waals surface area contributed by atoms with Gasteiger partial charge in [-0.25, -0.2) is 9.37 Å². The van der Waals surface area contributed by atoms with E-state index in [1.54, 1.807) is 18.3 Å². The molecule has 104 valence electrons. The summed E-state index contributed by atoms with van der Waals surface area (Å²) in [7, 11) is 0. The first-order chi connectivity index (χ1) is 9.56. The van der Waals surface area contributed by atoms with E-state index in [0.29, 0.717) is 17.1 Å². The lowest BCUT2D eigenvalue weighted by Crippen LogP contribution is -2.15. The molecular weight excluding hydrogens is 259 g/mol. The smallest absolute Gasteiger partial charge is 0.255 e. The zero-order valence-electron chi connectivity index (χ0n) is 11.3. The van der Waals surface area contributed by atoms with Crippen LogP contribution in [-0.4, -0.2) is 17.0 Å². The van der Waals surface area contributed by atoms with E-state index in [1.165, 1.54) is 24.3 Å². The Hall–Kier alpha value is -2.43. The summed E-state index contributed by atoms with van der Waals surface area (Å²) in [5.41, 5.74) is 0.848. The van der Waals surface area contributed by atoms with Crippen LogP contribution < -0.4 is 10.1 Å². The van der Waals surface area contributed by atoms with Gasteiger partial charge in [0.25, 0.3) is 5.91 Å². The summed E-state index contributed by atoms with van der Waals surface area (Å²) >= 11 is 0. The number of rotatable bonds is 4. The minimum atomic E-state index is -0.383. The molecule has 2 rings (SSSR count). The number of hydrogen-bond acceptors (Lipinski definition) is 3. The fourth-order valence-electron chi connectivity index (χ4n) is 1.60. The van der Waals surface area contributed by atoms with E-state index in [9.17, 15) is 9.18 Å². The van der Waals surface area contributed by atoms with Crippen molar-refractivity contribution >= 4 is 11.6 Å². The van der Waals surface area contributed by atoms with Crippen molar-refractivity contribution in [2.45, 2.75) is 20.0 Å². The molecule has 5 heteroatoms. The van der Waals surface area contributed by atoms with Crippen LogP contribution in [0.5, 0.6) is 5.88 Å². The van der Waals surface area contributed by atoms with E-state index in [0.717, 1.165) is 0 Å². The van der Waals surface area contributed by atoms with Crippen LogP contribution in [0.25, 0.3) is 0 Å². The first-order valence-corrected chi connectivity index (χ1v) is 6.25. The Kier molecular flexibility index (Phi) is 4.30. The van der Waals surface area contributed by atoms with Gasteiger partial charge in [0.1, 0.15) is 11.5 Å². The average molecular weight is 274 g/mol. The van der Waals surface area contributed by atoms with E-state index in [1.807, 2.05) is 13.8 Å². The van der Waals surface area contributed by atoms with Crippen LogP contribution in [-0.2, 0) is 0 Å². The maximum Gasteiger partial charge on any atom is 0.255 e. The third-order valence-corrected chi connectivity index (χ3v) is 2.47. The van der Waals surface area contributed by atoms with Gasteiger partial charge < -0.3 is 10.1 Å². The molecule has 0 saturated carbocycles. The SMILES string of the molecule is CC(C)Oc1ncccc1NC(=O)c1ccc(F)cc1. The standard InChI is InChI=1S/C15H15FN2O2/c1-10(2)20-15-13(4-3-9-17-15)18-14(19)11-5-7-12(16)8-6-11/h3-10H,1-2H3,(H,18,19). The molecule has 1 amide bonds. The van der Waals surface area contributed by atoms with Gasteiger partial charge in [0.2, 0.25) is 5.88 Å². The molecule has 0 atom stereocenters. The van der Waals surface area contributed by atoms with E-state index in [-0.39, 0.29) is 17.8 Å². The molecule has 20 heavy (non-hydrogen) atoms.